The van der Waals surface area contributed by atoms with Crippen LogP contribution in [0.4, 0.5) is 0 Å². The Morgan fingerprint density at radius 2 is 1.90 bits per heavy atom. The fourth-order valence-corrected chi connectivity index (χ4v) is 2.38. The molecule has 0 spiro atoms. The second-order valence-corrected chi connectivity index (χ2v) is 6.62. The molecule has 5 nitrogen and oxygen atoms in total. The second-order valence-electron chi connectivity index (χ2n) is 6.62. The number of carbonyl (C=O) groups is 1. The van der Waals surface area contributed by atoms with E-state index in [-0.39, 0.29) is 11.8 Å². The predicted octanol–water partition coefficient (Wildman–Crippen LogP) is 2.81. The van der Waals surface area contributed by atoms with Gasteiger partial charge in [0.15, 0.2) is 5.76 Å². The molecule has 1 aromatic rings. The molecule has 0 saturated heterocycles. The Morgan fingerprint density at radius 3 is 2.38 bits per heavy atom. The number of rotatable bonds is 7. The van der Waals surface area contributed by atoms with E-state index in [0.717, 1.165) is 6.42 Å². The van der Waals surface area contributed by atoms with E-state index >= 15 is 0 Å². The van der Waals surface area contributed by atoms with Crippen molar-refractivity contribution < 1.29 is 9.32 Å². The van der Waals surface area contributed by atoms with Gasteiger partial charge in [-0.25, -0.2) is 0 Å². The molecule has 0 radical (unpaired) electrons. The average molecular weight is 295 g/mol. The van der Waals surface area contributed by atoms with E-state index in [1.807, 2.05) is 34.9 Å². The van der Waals surface area contributed by atoms with Gasteiger partial charge in [-0.05, 0) is 33.4 Å². The number of aryl methyl sites for hydroxylation is 1. The molecular weight excluding hydrogens is 266 g/mol. The Balaban J connectivity index is 2.75. The lowest BCUT2D eigenvalue weighted by molar-refractivity contribution is 0.0935. The average Bonchev–Trinajstić information content (AvgIpc) is 2.75. The largest absolute Gasteiger partial charge is 0.360 e. The summed E-state index contributed by atoms with van der Waals surface area (Å²) in [6, 6.07) is 0.330. The maximum atomic E-state index is 12.4. The Morgan fingerprint density at radius 1 is 1.29 bits per heavy atom. The summed E-state index contributed by atoms with van der Waals surface area (Å²) in [7, 11) is 4.09. The van der Waals surface area contributed by atoms with Crippen LogP contribution < -0.4 is 5.32 Å². The molecule has 0 aliphatic carbocycles. The third kappa shape index (κ3) is 4.84. The van der Waals surface area contributed by atoms with Gasteiger partial charge in [0, 0.05) is 18.5 Å². The number of carbonyl (C=O) groups excluding carboxylic acids is 1. The molecule has 0 fully saturated rings. The molecule has 5 heteroatoms. The molecule has 0 unspecified atom stereocenters. The zero-order valence-corrected chi connectivity index (χ0v) is 14.4. The van der Waals surface area contributed by atoms with Crippen molar-refractivity contribution in [3.8, 4) is 0 Å². The molecule has 0 aliphatic rings. The SMILES string of the molecule is Cc1noc(C(C)C)c1C(=O)NC[C@@H](CC(C)C)N(C)C. The summed E-state index contributed by atoms with van der Waals surface area (Å²) >= 11 is 0. The van der Waals surface area contributed by atoms with Crippen molar-refractivity contribution in [1.29, 1.82) is 0 Å². The van der Waals surface area contributed by atoms with E-state index in [1.54, 1.807) is 0 Å². The molecule has 0 saturated carbocycles. The number of hydrogen-bond donors (Lipinski definition) is 1. The maximum Gasteiger partial charge on any atom is 0.256 e. The fourth-order valence-electron chi connectivity index (χ4n) is 2.38. The zero-order valence-electron chi connectivity index (χ0n) is 14.4. The number of hydrogen-bond acceptors (Lipinski definition) is 4. The molecule has 21 heavy (non-hydrogen) atoms. The zero-order chi connectivity index (χ0) is 16.2. The van der Waals surface area contributed by atoms with Crippen LogP contribution in [0.5, 0.6) is 0 Å². The van der Waals surface area contributed by atoms with Crippen molar-refractivity contribution in [1.82, 2.24) is 15.4 Å². The minimum atomic E-state index is -0.0898. The molecule has 1 amide bonds. The third-order valence-corrected chi connectivity index (χ3v) is 3.61. The van der Waals surface area contributed by atoms with E-state index in [2.05, 4.69) is 29.2 Å². The lowest BCUT2D eigenvalue weighted by Gasteiger charge is -2.26. The molecule has 1 atom stereocenters. The highest BCUT2D eigenvalue weighted by Crippen LogP contribution is 2.22. The van der Waals surface area contributed by atoms with Crippen molar-refractivity contribution in [2.45, 2.75) is 53.0 Å². The minimum absolute atomic E-state index is 0.0898. The highest BCUT2D eigenvalue weighted by molar-refractivity contribution is 5.96. The van der Waals surface area contributed by atoms with Crippen molar-refractivity contribution >= 4 is 5.91 Å². The van der Waals surface area contributed by atoms with Gasteiger partial charge in [0.2, 0.25) is 0 Å². The van der Waals surface area contributed by atoms with E-state index in [9.17, 15) is 4.79 Å². The lowest BCUT2D eigenvalue weighted by atomic mass is 10.0. The Hall–Kier alpha value is -1.36. The van der Waals surface area contributed by atoms with Crippen LogP contribution in [0, 0.1) is 12.8 Å². The summed E-state index contributed by atoms with van der Waals surface area (Å²) in [5, 5.41) is 6.95. The second kappa shape index (κ2) is 7.59. The van der Waals surface area contributed by atoms with Crippen LogP contribution >= 0.6 is 0 Å². The lowest BCUT2D eigenvalue weighted by Crippen LogP contribution is -2.41. The summed E-state index contributed by atoms with van der Waals surface area (Å²) in [5.41, 5.74) is 1.24. The maximum absolute atomic E-state index is 12.4. The van der Waals surface area contributed by atoms with Crippen LogP contribution in [0.2, 0.25) is 0 Å². The van der Waals surface area contributed by atoms with E-state index in [1.165, 1.54) is 0 Å². The van der Waals surface area contributed by atoms with E-state index in [0.29, 0.717) is 35.5 Å². The molecule has 120 valence electrons. The molecular formula is C16H29N3O2. The molecule has 1 rings (SSSR count). The molecule has 0 aromatic carbocycles. The van der Waals surface area contributed by atoms with Gasteiger partial charge < -0.3 is 14.7 Å². The Bertz CT molecular complexity index is 464. The van der Waals surface area contributed by atoms with Crippen molar-refractivity contribution in [3.63, 3.8) is 0 Å². The number of likely N-dealkylation sites (N-methyl/N-ethyl adjacent to an activating group) is 1. The van der Waals surface area contributed by atoms with Gasteiger partial charge in [-0.3, -0.25) is 4.79 Å². The predicted molar refractivity (Wildman–Crippen MR) is 84.6 cm³/mol. The quantitative estimate of drug-likeness (QED) is 0.840. The number of aromatic nitrogens is 1. The normalized spacial score (nSPS) is 13.2. The van der Waals surface area contributed by atoms with Crippen LogP contribution in [0.1, 0.15) is 61.8 Å². The van der Waals surface area contributed by atoms with Gasteiger partial charge in [-0.2, -0.15) is 0 Å². The third-order valence-electron chi connectivity index (χ3n) is 3.61. The highest BCUT2D eigenvalue weighted by atomic mass is 16.5. The summed E-state index contributed by atoms with van der Waals surface area (Å²) in [4.78, 5) is 14.6. The summed E-state index contributed by atoms with van der Waals surface area (Å²) in [6.07, 6.45) is 1.05. The fraction of sp³-hybridized carbons (Fsp3) is 0.750. The number of amides is 1. The Labute approximate surface area is 128 Å². The smallest absolute Gasteiger partial charge is 0.256 e. The first kappa shape index (κ1) is 17.7. The van der Waals surface area contributed by atoms with Gasteiger partial charge in [-0.1, -0.05) is 32.9 Å². The minimum Gasteiger partial charge on any atom is -0.360 e. The number of nitrogens with one attached hydrogen (secondary N) is 1. The van der Waals surface area contributed by atoms with Gasteiger partial charge >= 0.3 is 0 Å². The first-order chi connectivity index (χ1) is 9.73. The van der Waals surface area contributed by atoms with E-state index in [4.69, 9.17) is 4.52 Å². The first-order valence-corrected chi connectivity index (χ1v) is 7.64. The summed E-state index contributed by atoms with van der Waals surface area (Å²) in [5.74, 6) is 1.31. The first-order valence-electron chi connectivity index (χ1n) is 7.64. The van der Waals surface area contributed by atoms with Crippen LogP contribution in [-0.2, 0) is 0 Å². The molecule has 1 aromatic heterocycles. The molecule has 1 N–H and O–H groups in total. The Kier molecular flexibility index (Phi) is 6.40. The van der Waals surface area contributed by atoms with Crippen LogP contribution in [0.3, 0.4) is 0 Å². The topological polar surface area (TPSA) is 58.4 Å². The van der Waals surface area contributed by atoms with Crippen LogP contribution in [-0.4, -0.2) is 42.6 Å². The van der Waals surface area contributed by atoms with Crippen LogP contribution in [0.25, 0.3) is 0 Å². The van der Waals surface area contributed by atoms with Crippen molar-refractivity contribution in [2.75, 3.05) is 20.6 Å². The van der Waals surface area contributed by atoms with Gasteiger partial charge in [0.1, 0.15) is 5.56 Å². The van der Waals surface area contributed by atoms with Crippen LogP contribution in [0.15, 0.2) is 4.52 Å². The molecule has 0 aliphatic heterocycles. The van der Waals surface area contributed by atoms with Gasteiger partial charge in [0.25, 0.3) is 5.91 Å². The van der Waals surface area contributed by atoms with Gasteiger partial charge in [0.05, 0.1) is 5.69 Å². The standard InChI is InChI=1S/C16H29N3O2/c1-10(2)8-13(19(6)7)9-17-16(20)14-12(5)18-21-15(14)11(3)4/h10-11,13H,8-9H2,1-7H3,(H,17,20)/t13-/m1/s1. The summed E-state index contributed by atoms with van der Waals surface area (Å²) < 4.78 is 5.28. The highest BCUT2D eigenvalue weighted by Gasteiger charge is 2.23. The summed E-state index contributed by atoms with van der Waals surface area (Å²) in [6.45, 7) is 10.8. The van der Waals surface area contributed by atoms with Crippen molar-refractivity contribution in [2.24, 2.45) is 5.92 Å². The van der Waals surface area contributed by atoms with Crippen molar-refractivity contribution in [3.05, 3.63) is 17.0 Å². The van der Waals surface area contributed by atoms with E-state index < -0.39 is 0 Å². The molecule has 0 bridgehead atoms. The van der Waals surface area contributed by atoms with Gasteiger partial charge in [-0.15, -0.1) is 0 Å². The monoisotopic (exact) mass is 295 g/mol. The molecule has 1 heterocycles. The number of nitrogens with zero attached hydrogens (tertiary/aromatic N) is 2.